The molecule has 1 fully saturated rings. The van der Waals surface area contributed by atoms with Gasteiger partial charge in [-0.15, -0.1) is 0 Å². The van der Waals surface area contributed by atoms with Crippen molar-refractivity contribution >= 4 is 15.8 Å². The maximum Gasteiger partial charge on any atom is 0.363 e. The summed E-state index contributed by atoms with van der Waals surface area (Å²) >= 11 is 0. The summed E-state index contributed by atoms with van der Waals surface area (Å²) in [7, 11) is -2.14. The van der Waals surface area contributed by atoms with Crippen LogP contribution >= 0.6 is 0 Å². The fourth-order valence-corrected chi connectivity index (χ4v) is 2.83. The molecule has 1 aromatic heterocycles. The highest BCUT2D eigenvalue weighted by Crippen LogP contribution is 2.19. The average Bonchev–Trinajstić information content (AvgIpc) is 2.26. The largest absolute Gasteiger partial charge is 0.363 e. The van der Waals surface area contributed by atoms with E-state index in [4.69, 9.17) is 0 Å². The predicted molar refractivity (Wildman–Crippen MR) is 62.5 cm³/mol. The van der Waals surface area contributed by atoms with Crippen molar-refractivity contribution in [1.29, 1.82) is 0 Å². The van der Waals surface area contributed by atoms with Crippen LogP contribution in [-0.4, -0.2) is 48.8 Å². The van der Waals surface area contributed by atoms with Crippen molar-refractivity contribution in [3.63, 3.8) is 0 Å². The molecule has 9 heteroatoms. The lowest BCUT2D eigenvalue weighted by atomic mass is 10.2. The number of nitrogens with zero attached hydrogens (tertiary/aromatic N) is 3. The zero-order chi connectivity index (χ0) is 13.3. The monoisotopic (exact) mass is 272 g/mol. The Kier molecular flexibility index (Phi) is 3.28. The Morgan fingerprint density at radius 1 is 1.50 bits per heavy atom. The molecule has 2 heterocycles. The zero-order valence-corrected chi connectivity index (χ0v) is 10.4. The molecule has 1 saturated heterocycles. The number of nitro groups is 1. The van der Waals surface area contributed by atoms with Gasteiger partial charge in [-0.3, -0.25) is 0 Å². The zero-order valence-electron chi connectivity index (χ0n) is 9.61. The van der Waals surface area contributed by atoms with Crippen LogP contribution in [0, 0.1) is 10.1 Å². The molecule has 2 rings (SSSR count). The Morgan fingerprint density at radius 3 is 2.56 bits per heavy atom. The van der Waals surface area contributed by atoms with E-state index in [0.29, 0.717) is 13.1 Å². The van der Waals surface area contributed by atoms with Crippen LogP contribution in [0.2, 0.25) is 0 Å². The van der Waals surface area contributed by atoms with Crippen molar-refractivity contribution in [2.24, 2.45) is 0 Å². The van der Waals surface area contributed by atoms with Crippen LogP contribution in [0.25, 0.3) is 0 Å². The van der Waals surface area contributed by atoms with E-state index in [0.717, 1.165) is 12.3 Å². The first kappa shape index (κ1) is 12.9. The minimum Gasteiger partial charge on any atom is -0.358 e. The summed E-state index contributed by atoms with van der Waals surface area (Å²) in [4.78, 5) is 13.2. The van der Waals surface area contributed by atoms with Gasteiger partial charge in [0.15, 0.2) is 6.20 Å². The molecule has 1 N–H and O–H groups in total. The molecule has 0 aliphatic carbocycles. The molecule has 18 heavy (non-hydrogen) atoms. The average molecular weight is 272 g/mol. The lowest BCUT2D eigenvalue weighted by Crippen LogP contribution is -2.57. The molecular formula is C9H12N4O4S. The van der Waals surface area contributed by atoms with Crippen LogP contribution < -0.4 is 5.32 Å². The molecule has 0 atom stereocenters. The third-order valence-corrected chi connectivity index (χ3v) is 4.75. The molecule has 0 spiro atoms. The second-order valence-corrected chi connectivity index (χ2v) is 5.94. The number of hydrogen-bond acceptors (Lipinski definition) is 6. The van der Waals surface area contributed by atoms with E-state index < -0.39 is 14.9 Å². The van der Waals surface area contributed by atoms with E-state index in [9.17, 15) is 18.5 Å². The molecule has 1 aromatic rings. The summed E-state index contributed by atoms with van der Waals surface area (Å²) < 4.78 is 25.5. The fraction of sp³-hybridized carbons (Fsp3) is 0.444. The SMILES string of the molecule is CN(C1CNC1)S(=O)(=O)c1ccc([N+](=O)[O-])nc1. The van der Waals surface area contributed by atoms with Crippen molar-refractivity contribution in [3.8, 4) is 0 Å². The van der Waals surface area contributed by atoms with E-state index >= 15 is 0 Å². The lowest BCUT2D eigenvalue weighted by Gasteiger charge is -2.34. The van der Waals surface area contributed by atoms with Gasteiger partial charge in [0.1, 0.15) is 4.90 Å². The third kappa shape index (κ3) is 2.19. The molecule has 0 bridgehead atoms. The van der Waals surface area contributed by atoms with Gasteiger partial charge < -0.3 is 15.4 Å². The molecule has 98 valence electrons. The number of aromatic nitrogens is 1. The molecule has 0 saturated carbocycles. The molecular weight excluding hydrogens is 260 g/mol. The van der Waals surface area contributed by atoms with Crippen molar-refractivity contribution in [1.82, 2.24) is 14.6 Å². The topological polar surface area (TPSA) is 105 Å². The lowest BCUT2D eigenvalue weighted by molar-refractivity contribution is -0.389. The van der Waals surface area contributed by atoms with Gasteiger partial charge >= 0.3 is 5.82 Å². The van der Waals surface area contributed by atoms with Gasteiger partial charge in [0.05, 0.1) is 0 Å². The van der Waals surface area contributed by atoms with E-state index in [1.54, 1.807) is 0 Å². The Bertz CT molecular complexity index is 552. The summed E-state index contributed by atoms with van der Waals surface area (Å²) in [5, 5.41) is 13.4. The van der Waals surface area contributed by atoms with Crippen LogP contribution in [0.5, 0.6) is 0 Å². The Balaban J connectivity index is 2.26. The van der Waals surface area contributed by atoms with E-state index in [1.165, 1.54) is 17.4 Å². The minimum atomic E-state index is -3.63. The maximum atomic E-state index is 12.1. The summed E-state index contributed by atoms with van der Waals surface area (Å²) in [6.45, 7) is 1.21. The van der Waals surface area contributed by atoms with Crippen molar-refractivity contribution in [3.05, 3.63) is 28.4 Å². The first-order chi connectivity index (χ1) is 8.43. The number of rotatable bonds is 4. The Labute approximate surface area is 104 Å². The van der Waals surface area contributed by atoms with E-state index in [1.807, 2.05) is 0 Å². The predicted octanol–water partition coefficient (Wildman–Crippen LogP) is -0.418. The van der Waals surface area contributed by atoms with Crippen LogP contribution in [0.3, 0.4) is 0 Å². The van der Waals surface area contributed by atoms with Crippen LogP contribution in [-0.2, 0) is 10.0 Å². The second kappa shape index (κ2) is 4.59. The summed E-state index contributed by atoms with van der Waals surface area (Å²) in [5.41, 5.74) is 0. The highest BCUT2D eigenvalue weighted by molar-refractivity contribution is 7.89. The maximum absolute atomic E-state index is 12.1. The molecule has 1 aliphatic heterocycles. The fourth-order valence-electron chi connectivity index (χ4n) is 1.53. The van der Waals surface area contributed by atoms with Gasteiger partial charge in [0.25, 0.3) is 0 Å². The molecule has 0 amide bonds. The third-order valence-electron chi connectivity index (χ3n) is 2.86. The van der Waals surface area contributed by atoms with Gasteiger partial charge in [-0.25, -0.2) is 8.42 Å². The quantitative estimate of drug-likeness (QED) is 0.589. The Morgan fingerprint density at radius 2 is 2.17 bits per heavy atom. The first-order valence-electron chi connectivity index (χ1n) is 5.22. The van der Waals surface area contributed by atoms with Crippen LogP contribution in [0.15, 0.2) is 23.2 Å². The molecule has 0 aromatic carbocycles. The van der Waals surface area contributed by atoms with Crippen molar-refractivity contribution < 1.29 is 13.3 Å². The van der Waals surface area contributed by atoms with Crippen LogP contribution in [0.1, 0.15) is 0 Å². The normalized spacial score (nSPS) is 16.6. The summed E-state index contributed by atoms with van der Waals surface area (Å²) in [6.07, 6.45) is 1.01. The number of sulfonamides is 1. The smallest absolute Gasteiger partial charge is 0.358 e. The minimum absolute atomic E-state index is 0.0394. The summed E-state index contributed by atoms with van der Waals surface area (Å²) in [6, 6.07) is 2.20. The number of pyridine rings is 1. The standard InChI is InChI=1S/C9H12N4O4S/c1-12(7-4-10-5-7)18(16,17)8-2-3-9(11-6-8)13(14)15/h2-3,6-7,10H,4-5H2,1H3. The van der Waals surface area contributed by atoms with Crippen molar-refractivity contribution in [2.75, 3.05) is 20.1 Å². The first-order valence-corrected chi connectivity index (χ1v) is 6.66. The molecule has 1 aliphatic rings. The highest BCUT2D eigenvalue weighted by Gasteiger charge is 2.32. The van der Waals surface area contributed by atoms with Crippen molar-refractivity contribution in [2.45, 2.75) is 10.9 Å². The molecule has 8 nitrogen and oxygen atoms in total. The van der Waals surface area contributed by atoms with E-state index in [-0.39, 0.29) is 16.8 Å². The number of likely N-dealkylation sites (N-methyl/N-ethyl adjacent to an activating group) is 1. The van der Waals surface area contributed by atoms with Gasteiger partial charge in [-0.2, -0.15) is 4.31 Å². The molecule has 0 radical (unpaired) electrons. The number of hydrogen-bond donors (Lipinski definition) is 1. The van der Waals surface area contributed by atoms with Gasteiger partial charge in [-0.1, -0.05) is 0 Å². The van der Waals surface area contributed by atoms with Crippen LogP contribution in [0.4, 0.5) is 5.82 Å². The second-order valence-electron chi connectivity index (χ2n) is 3.94. The summed E-state index contributed by atoms with van der Waals surface area (Å²) in [5.74, 6) is -0.373. The molecule has 0 unspecified atom stereocenters. The van der Waals surface area contributed by atoms with Gasteiger partial charge in [0, 0.05) is 32.2 Å². The van der Waals surface area contributed by atoms with E-state index in [2.05, 4.69) is 10.3 Å². The van der Waals surface area contributed by atoms with Gasteiger partial charge in [-0.05, 0) is 16.0 Å². The van der Waals surface area contributed by atoms with Gasteiger partial charge in [0.2, 0.25) is 10.0 Å². The highest BCUT2D eigenvalue weighted by atomic mass is 32.2. The Hall–Kier alpha value is -1.58. The number of nitrogens with one attached hydrogen (secondary N) is 1.